The fourth-order valence-electron chi connectivity index (χ4n) is 3.41. The van der Waals surface area contributed by atoms with Crippen LogP contribution in [0.1, 0.15) is 12.8 Å². The standard InChI is InChI=1S/C19H15ClFN3O3S3/c1-2-10-23-17-12(21)5-3-7-14(17)28-19(23)22-18(25)13-6-4-11-24(13)30(26,27)16-9-8-15(20)29-16/h1,3,5,7-9,13H,4,6,10-11H2. The quantitative estimate of drug-likeness (QED) is 0.533. The van der Waals surface area contributed by atoms with Crippen LogP contribution < -0.4 is 4.80 Å². The van der Waals surface area contributed by atoms with Crippen LogP contribution in [0, 0.1) is 18.2 Å². The van der Waals surface area contributed by atoms with E-state index in [1.165, 1.54) is 27.1 Å². The minimum Gasteiger partial charge on any atom is -0.302 e. The molecule has 1 aliphatic heterocycles. The number of amides is 1. The van der Waals surface area contributed by atoms with Gasteiger partial charge in [0.1, 0.15) is 16.1 Å². The van der Waals surface area contributed by atoms with Crippen molar-refractivity contribution in [2.45, 2.75) is 29.6 Å². The number of hydrogen-bond acceptors (Lipinski definition) is 5. The van der Waals surface area contributed by atoms with Gasteiger partial charge in [0, 0.05) is 6.54 Å². The number of nitrogens with zero attached hydrogens (tertiary/aromatic N) is 3. The van der Waals surface area contributed by atoms with E-state index >= 15 is 0 Å². The molecule has 4 rings (SSSR count). The SMILES string of the molecule is C#CCn1c(=NC(=O)C2CCCN2S(=O)(=O)c2ccc(Cl)s2)sc2cccc(F)c21. The maximum absolute atomic E-state index is 14.3. The fraction of sp³-hybridized carbons (Fsp3) is 0.263. The molecule has 1 amide bonds. The van der Waals surface area contributed by atoms with Gasteiger partial charge in [0.15, 0.2) is 4.80 Å². The summed E-state index contributed by atoms with van der Waals surface area (Å²) in [5.41, 5.74) is 0.274. The summed E-state index contributed by atoms with van der Waals surface area (Å²) in [7, 11) is -3.87. The van der Waals surface area contributed by atoms with Gasteiger partial charge in [-0.15, -0.1) is 17.8 Å². The van der Waals surface area contributed by atoms with Crippen molar-refractivity contribution in [3.63, 3.8) is 0 Å². The zero-order valence-electron chi connectivity index (χ0n) is 15.4. The number of carbonyl (C=O) groups is 1. The summed E-state index contributed by atoms with van der Waals surface area (Å²) in [5, 5.41) is 0. The molecule has 1 fully saturated rings. The molecule has 156 valence electrons. The number of terminal acetylenes is 1. The van der Waals surface area contributed by atoms with Gasteiger partial charge in [-0.05, 0) is 37.1 Å². The van der Waals surface area contributed by atoms with Crippen molar-refractivity contribution in [2.75, 3.05) is 6.54 Å². The van der Waals surface area contributed by atoms with Crippen molar-refractivity contribution in [3.8, 4) is 12.3 Å². The molecular formula is C19H15ClFN3O3S3. The zero-order valence-corrected chi connectivity index (χ0v) is 18.6. The molecule has 1 aliphatic rings. The Morgan fingerprint density at radius 2 is 2.13 bits per heavy atom. The van der Waals surface area contributed by atoms with Crippen molar-refractivity contribution in [1.82, 2.24) is 8.87 Å². The van der Waals surface area contributed by atoms with E-state index in [0.29, 0.717) is 21.9 Å². The summed E-state index contributed by atoms with van der Waals surface area (Å²) in [4.78, 5) is 17.4. The van der Waals surface area contributed by atoms with Crippen LogP contribution in [0.25, 0.3) is 10.2 Å². The predicted octanol–water partition coefficient (Wildman–Crippen LogP) is 3.47. The molecule has 30 heavy (non-hydrogen) atoms. The van der Waals surface area contributed by atoms with Crippen molar-refractivity contribution in [3.05, 3.63) is 45.3 Å². The minimum absolute atomic E-state index is 0.0351. The lowest BCUT2D eigenvalue weighted by atomic mass is 10.2. The van der Waals surface area contributed by atoms with E-state index in [-0.39, 0.29) is 27.6 Å². The first-order valence-corrected chi connectivity index (χ1v) is 12.3. The van der Waals surface area contributed by atoms with Gasteiger partial charge in [0.25, 0.3) is 15.9 Å². The topological polar surface area (TPSA) is 71.7 Å². The third-order valence-electron chi connectivity index (χ3n) is 4.71. The number of rotatable bonds is 4. The average Bonchev–Trinajstić information content (AvgIpc) is 3.42. The predicted molar refractivity (Wildman–Crippen MR) is 115 cm³/mol. The largest absolute Gasteiger partial charge is 0.302 e. The molecule has 0 N–H and O–H groups in total. The van der Waals surface area contributed by atoms with E-state index in [9.17, 15) is 17.6 Å². The Balaban J connectivity index is 1.75. The van der Waals surface area contributed by atoms with Gasteiger partial charge in [-0.1, -0.05) is 34.9 Å². The molecule has 6 nitrogen and oxygen atoms in total. The van der Waals surface area contributed by atoms with Crippen molar-refractivity contribution in [1.29, 1.82) is 0 Å². The molecule has 1 atom stereocenters. The number of benzene rings is 1. The van der Waals surface area contributed by atoms with Crippen LogP contribution in [0.4, 0.5) is 4.39 Å². The highest BCUT2D eigenvalue weighted by molar-refractivity contribution is 7.91. The number of aromatic nitrogens is 1. The lowest BCUT2D eigenvalue weighted by Crippen LogP contribution is -2.40. The van der Waals surface area contributed by atoms with Crippen LogP contribution >= 0.6 is 34.3 Å². The van der Waals surface area contributed by atoms with Crippen LogP contribution in [0.5, 0.6) is 0 Å². The van der Waals surface area contributed by atoms with E-state index in [1.807, 2.05) is 0 Å². The monoisotopic (exact) mass is 483 g/mol. The second-order valence-corrected chi connectivity index (χ2v) is 11.4. The first-order valence-electron chi connectivity index (χ1n) is 8.90. The number of sulfonamides is 1. The molecule has 0 bridgehead atoms. The maximum atomic E-state index is 14.3. The van der Waals surface area contributed by atoms with Gasteiger partial charge in [-0.25, -0.2) is 12.8 Å². The lowest BCUT2D eigenvalue weighted by Gasteiger charge is -2.20. The maximum Gasteiger partial charge on any atom is 0.266 e. The molecule has 1 unspecified atom stereocenters. The van der Waals surface area contributed by atoms with Crippen LogP contribution in [0.15, 0.2) is 39.5 Å². The highest BCUT2D eigenvalue weighted by atomic mass is 35.5. The van der Waals surface area contributed by atoms with Crippen LogP contribution in [0.3, 0.4) is 0 Å². The molecule has 0 aliphatic carbocycles. The number of thiazole rings is 1. The minimum atomic E-state index is -3.87. The van der Waals surface area contributed by atoms with Crippen molar-refractivity contribution >= 4 is 60.4 Å². The zero-order chi connectivity index (χ0) is 21.5. The van der Waals surface area contributed by atoms with E-state index in [0.717, 1.165) is 22.7 Å². The number of halogens is 2. The van der Waals surface area contributed by atoms with E-state index in [1.54, 1.807) is 12.1 Å². The molecule has 2 aromatic heterocycles. The molecule has 3 heterocycles. The van der Waals surface area contributed by atoms with Crippen molar-refractivity contribution in [2.24, 2.45) is 4.99 Å². The Morgan fingerprint density at radius 1 is 1.33 bits per heavy atom. The van der Waals surface area contributed by atoms with Gasteiger partial charge in [0.2, 0.25) is 0 Å². The van der Waals surface area contributed by atoms with Gasteiger partial charge in [-0.3, -0.25) is 4.79 Å². The van der Waals surface area contributed by atoms with E-state index < -0.39 is 27.8 Å². The third-order valence-corrected chi connectivity index (χ3v) is 9.36. The van der Waals surface area contributed by atoms with Gasteiger partial charge in [-0.2, -0.15) is 9.30 Å². The van der Waals surface area contributed by atoms with E-state index in [4.69, 9.17) is 18.0 Å². The van der Waals surface area contributed by atoms with Crippen LogP contribution in [0.2, 0.25) is 4.34 Å². The van der Waals surface area contributed by atoms with Gasteiger partial charge in [0.05, 0.1) is 21.1 Å². The number of para-hydroxylation sites is 1. The fourth-order valence-corrected chi connectivity index (χ4v) is 7.72. The molecule has 0 saturated carbocycles. The summed E-state index contributed by atoms with van der Waals surface area (Å²) >= 11 is 7.95. The number of thiophene rings is 1. The third kappa shape index (κ3) is 3.72. The van der Waals surface area contributed by atoms with Gasteiger partial charge >= 0.3 is 0 Å². The number of hydrogen-bond donors (Lipinski definition) is 0. The molecule has 0 radical (unpaired) electrons. The molecule has 1 aromatic carbocycles. The lowest BCUT2D eigenvalue weighted by molar-refractivity contribution is -0.121. The number of carbonyl (C=O) groups excluding carboxylic acids is 1. The summed E-state index contributed by atoms with van der Waals surface area (Å²) in [6.07, 6.45) is 6.31. The average molecular weight is 484 g/mol. The Hall–Kier alpha value is -2.03. The molecular weight excluding hydrogens is 469 g/mol. The summed E-state index contributed by atoms with van der Waals surface area (Å²) in [5.74, 6) is 1.38. The van der Waals surface area contributed by atoms with Crippen molar-refractivity contribution < 1.29 is 17.6 Å². The Kier molecular flexibility index (Phi) is 5.83. The van der Waals surface area contributed by atoms with E-state index in [2.05, 4.69) is 10.9 Å². The molecule has 1 saturated heterocycles. The summed E-state index contributed by atoms with van der Waals surface area (Å²) in [6, 6.07) is 6.60. The second kappa shape index (κ2) is 8.24. The molecule has 11 heteroatoms. The summed E-state index contributed by atoms with van der Waals surface area (Å²) < 4.78 is 43.9. The van der Waals surface area contributed by atoms with Gasteiger partial charge < -0.3 is 4.57 Å². The molecule has 3 aromatic rings. The first-order chi connectivity index (χ1) is 14.3. The summed E-state index contributed by atoms with van der Waals surface area (Å²) in [6.45, 7) is 0.253. The first kappa shape index (κ1) is 21.2. The highest BCUT2D eigenvalue weighted by Gasteiger charge is 2.40. The number of fused-ring (bicyclic) bond motifs is 1. The second-order valence-electron chi connectivity index (χ2n) is 6.54. The van der Waals surface area contributed by atoms with Crippen LogP contribution in [-0.2, 0) is 21.4 Å². The highest BCUT2D eigenvalue weighted by Crippen LogP contribution is 2.32. The van der Waals surface area contributed by atoms with Crippen LogP contribution in [-0.4, -0.2) is 35.8 Å². The Bertz CT molecular complexity index is 1350. The smallest absolute Gasteiger partial charge is 0.266 e. The Morgan fingerprint density at radius 3 is 2.83 bits per heavy atom. The Labute approximate surface area is 185 Å². The molecule has 0 spiro atoms. The normalized spacial score (nSPS) is 18.2.